The van der Waals surface area contributed by atoms with Crippen molar-refractivity contribution in [3.05, 3.63) is 40.7 Å². The molecule has 1 aliphatic heterocycles. The number of halogens is 1. The van der Waals surface area contributed by atoms with Crippen LogP contribution >= 0.6 is 11.6 Å². The van der Waals surface area contributed by atoms with Gasteiger partial charge in [-0.15, -0.1) is 5.10 Å². The molecular weight excluding hydrogens is 316 g/mol. The Bertz CT molecular complexity index is 701. The molecule has 0 spiro atoms. The van der Waals surface area contributed by atoms with E-state index in [9.17, 15) is 4.79 Å². The Kier molecular flexibility index (Phi) is 4.81. The van der Waals surface area contributed by atoms with E-state index in [1.807, 2.05) is 19.1 Å². The van der Waals surface area contributed by atoms with Crippen molar-refractivity contribution in [3.63, 3.8) is 0 Å². The molecule has 7 heteroatoms. The molecule has 1 aromatic carbocycles. The molecule has 1 unspecified atom stereocenters. The minimum absolute atomic E-state index is 0.0686. The van der Waals surface area contributed by atoms with E-state index in [1.165, 1.54) is 0 Å². The first-order valence-electron chi connectivity index (χ1n) is 7.76. The molecule has 1 N–H and O–H groups in total. The fourth-order valence-electron chi connectivity index (χ4n) is 2.68. The summed E-state index contributed by atoms with van der Waals surface area (Å²) in [7, 11) is 0. The first-order valence-corrected chi connectivity index (χ1v) is 8.14. The van der Waals surface area contributed by atoms with Gasteiger partial charge in [-0.25, -0.2) is 0 Å². The van der Waals surface area contributed by atoms with Gasteiger partial charge in [-0.05, 0) is 31.9 Å². The fourth-order valence-corrected chi connectivity index (χ4v) is 2.84. The third-order valence-corrected chi connectivity index (χ3v) is 4.07. The Balaban J connectivity index is 1.70. The van der Waals surface area contributed by atoms with Crippen LogP contribution in [0.15, 0.2) is 24.4 Å². The number of aromatic nitrogens is 3. The molecule has 6 nitrogen and oxygen atoms in total. The maximum atomic E-state index is 12.3. The molecule has 0 bridgehead atoms. The lowest BCUT2D eigenvalue weighted by Crippen LogP contribution is -2.29. The van der Waals surface area contributed by atoms with Gasteiger partial charge in [-0.2, -0.15) is 0 Å². The largest absolute Gasteiger partial charge is 0.493 e. The van der Waals surface area contributed by atoms with Crippen molar-refractivity contribution in [1.82, 2.24) is 20.3 Å². The summed E-state index contributed by atoms with van der Waals surface area (Å²) in [4.78, 5) is 12.3. The second-order valence-corrected chi connectivity index (χ2v) is 5.97. The van der Waals surface area contributed by atoms with E-state index >= 15 is 0 Å². The van der Waals surface area contributed by atoms with Gasteiger partial charge in [0.05, 0.1) is 24.8 Å². The molecule has 23 heavy (non-hydrogen) atoms. The van der Waals surface area contributed by atoms with Crippen LogP contribution in [-0.4, -0.2) is 27.5 Å². The monoisotopic (exact) mass is 334 g/mol. The van der Waals surface area contributed by atoms with Crippen LogP contribution < -0.4 is 10.1 Å². The Morgan fingerprint density at radius 2 is 2.39 bits per heavy atom. The number of carbonyl (C=O) groups excluding carboxylic acids is 1. The van der Waals surface area contributed by atoms with Gasteiger partial charge in [-0.3, -0.25) is 9.48 Å². The van der Waals surface area contributed by atoms with Crippen molar-refractivity contribution in [2.24, 2.45) is 0 Å². The summed E-state index contributed by atoms with van der Waals surface area (Å²) in [6.07, 6.45) is 3.73. The smallest absolute Gasteiger partial charge is 0.226 e. The highest BCUT2D eigenvalue weighted by molar-refractivity contribution is 6.30. The molecular formula is C16H19ClN4O2. The molecule has 0 saturated carbocycles. The van der Waals surface area contributed by atoms with Crippen LogP contribution in [0.2, 0.25) is 5.02 Å². The van der Waals surface area contributed by atoms with E-state index in [0.717, 1.165) is 30.7 Å². The number of hydrogen-bond donors (Lipinski definition) is 1. The zero-order valence-electron chi connectivity index (χ0n) is 13.0. The first kappa shape index (κ1) is 15.8. The van der Waals surface area contributed by atoms with Gasteiger partial charge in [0.15, 0.2) is 0 Å². The summed E-state index contributed by atoms with van der Waals surface area (Å²) in [6.45, 7) is 3.35. The van der Waals surface area contributed by atoms with Crippen molar-refractivity contribution >= 4 is 17.5 Å². The van der Waals surface area contributed by atoms with Crippen LogP contribution in [0, 0.1) is 0 Å². The minimum Gasteiger partial charge on any atom is -0.493 e. The van der Waals surface area contributed by atoms with Crippen LogP contribution in [0.3, 0.4) is 0 Å². The summed E-state index contributed by atoms with van der Waals surface area (Å²) < 4.78 is 7.42. The Hall–Kier alpha value is -2.08. The highest BCUT2D eigenvalue weighted by Crippen LogP contribution is 2.33. The second kappa shape index (κ2) is 7.00. The van der Waals surface area contributed by atoms with Crippen LogP contribution in [-0.2, 0) is 17.8 Å². The summed E-state index contributed by atoms with van der Waals surface area (Å²) >= 11 is 6.02. The van der Waals surface area contributed by atoms with Crippen molar-refractivity contribution in [2.75, 3.05) is 6.61 Å². The number of rotatable bonds is 4. The van der Waals surface area contributed by atoms with E-state index < -0.39 is 0 Å². The topological polar surface area (TPSA) is 69.0 Å². The molecule has 2 heterocycles. The zero-order valence-corrected chi connectivity index (χ0v) is 13.7. The summed E-state index contributed by atoms with van der Waals surface area (Å²) in [5, 5.41) is 11.7. The minimum atomic E-state index is -0.0708. The van der Waals surface area contributed by atoms with E-state index in [2.05, 4.69) is 15.6 Å². The number of nitrogens with one attached hydrogen (secondary N) is 1. The lowest BCUT2D eigenvalue weighted by atomic mass is 10.0. The quantitative estimate of drug-likeness (QED) is 0.932. The molecule has 1 atom stereocenters. The number of nitrogens with zero attached hydrogens (tertiary/aromatic N) is 3. The van der Waals surface area contributed by atoms with Crippen molar-refractivity contribution in [3.8, 4) is 5.75 Å². The zero-order chi connectivity index (χ0) is 16.2. The van der Waals surface area contributed by atoms with Crippen LogP contribution in [0.1, 0.15) is 37.1 Å². The predicted octanol–water partition coefficient (Wildman–Crippen LogP) is 2.52. The third-order valence-electron chi connectivity index (χ3n) is 3.83. The van der Waals surface area contributed by atoms with Gasteiger partial charge in [0.1, 0.15) is 5.75 Å². The number of carbonyl (C=O) groups is 1. The lowest BCUT2D eigenvalue weighted by Gasteiger charge is -2.18. The molecule has 0 saturated heterocycles. The molecule has 1 amide bonds. The van der Waals surface area contributed by atoms with E-state index in [0.29, 0.717) is 17.3 Å². The average Bonchev–Trinajstić information content (AvgIpc) is 2.89. The SMILES string of the molecule is CCn1cc(CC(=O)NC2CCCOc3cc(Cl)ccc32)nn1. The molecule has 1 aliphatic rings. The van der Waals surface area contributed by atoms with Crippen molar-refractivity contribution in [2.45, 2.75) is 38.8 Å². The average molecular weight is 335 g/mol. The normalized spacial score (nSPS) is 17.0. The van der Waals surface area contributed by atoms with Crippen molar-refractivity contribution in [1.29, 1.82) is 0 Å². The van der Waals surface area contributed by atoms with Gasteiger partial charge in [-0.1, -0.05) is 22.9 Å². The molecule has 1 aromatic heterocycles. The number of fused-ring (bicyclic) bond motifs is 1. The fraction of sp³-hybridized carbons (Fsp3) is 0.438. The van der Waals surface area contributed by atoms with Gasteiger partial charge < -0.3 is 10.1 Å². The number of ether oxygens (including phenoxy) is 1. The standard InChI is InChI=1S/C16H19ClN4O2/c1-2-21-10-12(19-20-21)9-16(22)18-14-4-3-7-23-15-8-11(17)5-6-13(14)15/h5-6,8,10,14H,2-4,7,9H2,1H3,(H,18,22). The Morgan fingerprint density at radius 3 is 3.17 bits per heavy atom. The van der Waals surface area contributed by atoms with E-state index in [1.54, 1.807) is 16.9 Å². The Labute approximate surface area is 139 Å². The maximum absolute atomic E-state index is 12.3. The van der Waals surface area contributed by atoms with Crippen LogP contribution in [0.25, 0.3) is 0 Å². The molecule has 3 rings (SSSR count). The number of amides is 1. The summed E-state index contributed by atoms with van der Waals surface area (Å²) in [5.41, 5.74) is 1.64. The van der Waals surface area contributed by atoms with E-state index in [-0.39, 0.29) is 18.4 Å². The van der Waals surface area contributed by atoms with Crippen LogP contribution in [0.5, 0.6) is 5.75 Å². The first-order chi connectivity index (χ1) is 11.2. The molecule has 0 aliphatic carbocycles. The van der Waals surface area contributed by atoms with Gasteiger partial charge in [0, 0.05) is 23.3 Å². The highest BCUT2D eigenvalue weighted by atomic mass is 35.5. The number of hydrogen-bond acceptors (Lipinski definition) is 4. The van der Waals surface area contributed by atoms with Gasteiger partial charge >= 0.3 is 0 Å². The molecule has 122 valence electrons. The maximum Gasteiger partial charge on any atom is 0.226 e. The number of aryl methyl sites for hydroxylation is 1. The van der Waals surface area contributed by atoms with Crippen LogP contribution in [0.4, 0.5) is 0 Å². The summed E-state index contributed by atoms with van der Waals surface area (Å²) in [5.74, 6) is 0.679. The molecule has 0 radical (unpaired) electrons. The third kappa shape index (κ3) is 3.82. The highest BCUT2D eigenvalue weighted by Gasteiger charge is 2.22. The number of benzene rings is 1. The van der Waals surface area contributed by atoms with Gasteiger partial charge in [0.25, 0.3) is 0 Å². The molecule has 2 aromatic rings. The van der Waals surface area contributed by atoms with Crippen molar-refractivity contribution < 1.29 is 9.53 Å². The lowest BCUT2D eigenvalue weighted by molar-refractivity contribution is -0.121. The second-order valence-electron chi connectivity index (χ2n) is 5.54. The summed E-state index contributed by atoms with van der Waals surface area (Å²) in [6, 6.07) is 5.47. The van der Waals surface area contributed by atoms with E-state index in [4.69, 9.17) is 16.3 Å². The van der Waals surface area contributed by atoms with Gasteiger partial charge in [0.2, 0.25) is 5.91 Å². The predicted molar refractivity (Wildman–Crippen MR) is 86.5 cm³/mol. The Morgan fingerprint density at radius 1 is 1.52 bits per heavy atom. The molecule has 0 fully saturated rings.